The lowest BCUT2D eigenvalue weighted by molar-refractivity contribution is -0.181. The highest BCUT2D eigenvalue weighted by Crippen LogP contribution is 2.00. The summed E-state index contributed by atoms with van der Waals surface area (Å²) in [4.78, 5) is 16.6. The summed E-state index contributed by atoms with van der Waals surface area (Å²) in [6.45, 7) is 10.4. The van der Waals surface area contributed by atoms with E-state index in [9.17, 15) is 4.79 Å². The number of likely N-dealkylation sites (N-methyl/N-ethyl adjacent to an activating group) is 1. The maximum absolute atomic E-state index is 11.4. The molecule has 0 saturated carbocycles. The Bertz CT molecular complexity index is 178. The molecule has 0 saturated heterocycles. The Morgan fingerprint density at radius 2 is 2.08 bits per heavy atom. The third-order valence-corrected chi connectivity index (χ3v) is 1.62. The van der Waals surface area contributed by atoms with Crippen LogP contribution in [-0.2, 0) is 9.63 Å². The van der Waals surface area contributed by atoms with E-state index < -0.39 is 0 Å². The molecule has 13 heavy (non-hydrogen) atoms. The quantitative estimate of drug-likeness (QED) is 0.360. The summed E-state index contributed by atoms with van der Waals surface area (Å²) in [5.41, 5.74) is 0.512. The monoisotopic (exact) mass is 185 g/mol. The van der Waals surface area contributed by atoms with Gasteiger partial charge in [-0.2, -0.15) is 0 Å². The molecule has 0 atom stereocenters. The molecular formula is C10H19NO2. The van der Waals surface area contributed by atoms with Crippen molar-refractivity contribution < 1.29 is 9.63 Å². The molecule has 0 aliphatic carbocycles. The van der Waals surface area contributed by atoms with Crippen LogP contribution in [0, 0.1) is 0 Å². The van der Waals surface area contributed by atoms with Crippen molar-refractivity contribution in [1.82, 2.24) is 5.06 Å². The van der Waals surface area contributed by atoms with Gasteiger partial charge in [-0.1, -0.05) is 19.9 Å². The molecule has 0 bridgehead atoms. The highest BCUT2D eigenvalue weighted by Gasteiger charge is 2.11. The van der Waals surface area contributed by atoms with E-state index in [1.54, 1.807) is 6.92 Å². The average Bonchev–Trinajstić information content (AvgIpc) is 2.11. The predicted molar refractivity (Wildman–Crippen MR) is 53.1 cm³/mol. The Balaban J connectivity index is 3.88. The molecular weight excluding hydrogens is 166 g/mol. The van der Waals surface area contributed by atoms with Gasteiger partial charge in [-0.3, -0.25) is 9.63 Å². The minimum atomic E-state index is -0.126. The molecule has 0 N–H and O–H groups in total. The number of amides is 1. The minimum Gasteiger partial charge on any atom is -0.271 e. The molecule has 1 amide bonds. The second-order valence-electron chi connectivity index (χ2n) is 2.97. The second kappa shape index (κ2) is 6.66. The number of hydroxylamine groups is 2. The van der Waals surface area contributed by atoms with Crippen molar-refractivity contribution in [2.24, 2.45) is 0 Å². The van der Waals surface area contributed by atoms with Crippen LogP contribution in [-0.4, -0.2) is 24.1 Å². The van der Waals surface area contributed by atoms with Gasteiger partial charge in [0.2, 0.25) is 0 Å². The smallest absolute Gasteiger partial charge is 0.271 e. The first-order valence-electron chi connectivity index (χ1n) is 4.73. The zero-order valence-corrected chi connectivity index (χ0v) is 8.80. The first-order valence-corrected chi connectivity index (χ1v) is 4.73. The van der Waals surface area contributed by atoms with Crippen LogP contribution in [0.4, 0.5) is 0 Å². The Kier molecular flexibility index (Phi) is 6.24. The van der Waals surface area contributed by atoms with Crippen LogP contribution >= 0.6 is 0 Å². The van der Waals surface area contributed by atoms with E-state index in [1.807, 2.05) is 6.92 Å². The third kappa shape index (κ3) is 4.68. The molecule has 76 valence electrons. The van der Waals surface area contributed by atoms with Gasteiger partial charge in [0.1, 0.15) is 0 Å². The number of rotatable bonds is 6. The molecule has 0 unspecified atom stereocenters. The third-order valence-electron chi connectivity index (χ3n) is 1.62. The van der Waals surface area contributed by atoms with E-state index in [0.29, 0.717) is 18.7 Å². The number of nitrogens with zero attached hydrogens (tertiary/aromatic N) is 1. The van der Waals surface area contributed by atoms with Crippen molar-refractivity contribution in [3.8, 4) is 0 Å². The van der Waals surface area contributed by atoms with E-state index in [1.165, 1.54) is 5.06 Å². The highest BCUT2D eigenvalue weighted by atomic mass is 16.7. The number of carbonyl (C=O) groups excluding carboxylic acids is 1. The number of hydrogen-bond acceptors (Lipinski definition) is 2. The fourth-order valence-corrected chi connectivity index (χ4v) is 0.825. The largest absolute Gasteiger partial charge is 0.272 e. The average molecular weight is 185 g/mol. The van der Waals surface area contributed by atoms with Crippen molar-refractivity contribution in [3.63, 3.8) is 0 Å². The van der Waals surface area contributed by atoms with Crippen molar-refractivity contribution in [2.75, 3.05) is 13.2 Å². The van der Waals surface area contributed by atoms with Crippen molar-refractivity contribution in [3.05, 3.63) is 12.2 Å². The molecule has 0 radical (unpaired) electrons. The molecule has 3 nitrogen and oxygen atoms in total. The van der Waals surface area contributed by atoms with Gasteiger partial charge in [0.05, 0.1) is 6.61 Å². The zero-order chi connectivity index (χ0) is 10.3. The van der Waals surface area contributed by atoms with Crippen LogP contribution in [0.5, 0.6) is 0 Å². The van der Waals surface area contributed by atoms with Crippen LogP contribution in [0.1, 0.15) is 33.6 Å². The van der Waals surface area contributed by atoms with Gasteiger partial charge in [0.25, 0.3) is 5.91 Å². The van der Waals surface area contributed by atoms with Crippen molar-refractivity contribution in [1.29, 1.82) is 0 Å². The normalized spacial score (nSPS) is 9.77. The Morgan fingerprint density at radius 3 is 2.46 bits per heavy atom. The summed E-state index contributed by atoms with van der Waals surface area (Å²) >= 11 is 0. The Morgan fingerprint density at radius 1 is 1.46 bits per heavy atom. The molecule has 3 heteroatoms. The van der Waals surface area contributed by atoms with Gasteiger partial charge in [0, 0.05) is 12.1 Å². The molecule has 0 rings (SSSR count). The molecule has 0 aromatic rings. The van der Waals surface area contributed by atoms with Gasteiger partial charge in [-0.25, -0.2) is 5.06 Å². The summed E-state index contributed by atoms with van der Waals surface area (Å²) < 4.78 is 0. The van der Waals surface area contributed by atoms with E-state index in [2.05, 4.69) is 13.5 Å². The maximum atomic E-state index is 11.4. The lowest BCUT2D eigenvalue weighted by Crippen LogP contribution is -2.31. The molecule has 0 aromatic heterocycles. The fourth-order valence-electron chi connectivity index (χ4n) is 0.825. The molecule has 0 fully saturated rings. The van der Waals surface area contributed by atoms with Crippen LogP contribution in [0.25, 0.3) is 0 Å². The zero-order valence-electron chi connectivity index (χ0n) is 8.80. The standard InChI is InChI=1S/C10H19NO2/c1-5-7-8-13-11(6-2)10(12)9(3)4/h3,5-8H2,1-2,4H3. The summed E-state index contributed by atoms with van der Waals surface area (Å²) in [5, 5.41) is 1.36. The topological polar surface area (TPSA) is 29.5 Å². The number of hydrogen-bond donors (Lipinski definition) is 0. The van der Waals surface area contributed by atoms with E-state index in [-0.39, 0.29) is 5.91 Å². The molecule has 0 aliphatic rings. The van der Waals surface area contributed by atoms with Crippen molar-refractivity contribution >= 4 is 5.91 Å². The van der Waals surface area contributed by atoms with Gasteiger partial charge < -0.3 is 0 Å². The Hall–Kier alpha value is -0.830. The maximum Gasteiger partial charge on any atom is 0.272 e. The van der Waals surface area contributed by atoms with Gasteiger partial charge in [-0.05, 0) is 20.3 Å². The van der Waals surface area contributed by atoms with Gasteiger partial charge >= 0.3 is 0 Å². The van der Waals surface area contributed by atoms with Crippen LogP contribution in [0.2, 0.25) is 0 Å². The molecule has 0 aromatic carbocycles. The highest BCUT2D eigenvalue weighted by molar-refractivity contribution is 5.91. The second-order valence-corrected chi connectivity index (χ2v) is 2.97. The summed E-state index contributed by atoms with van der Waals surface area (Å²) in [7, 11) is 0. The summed E-state index contributed by atoms with van der Waals surface area (Å²) in [6.07, 6.45) is 2.04. The number of carbonyl (C=O) groups is 1. The van der Waals surface area contributed by atoms with Crippen LogP contribution < -0.4 is 0 Å². The lowest BCUT2D eigenvalue weighted by Gasteiger charge is -2.19. The fraction of sp³-hybridized carbons (Fsp3) is 0.700. The summed E-state index contributed by atoms with van der Waals surface area (Å²) in [6, 6.07) is 0. The summed E-state index contributed by atoms with van der Waals surface area (Å²) in [5.74, 6) is -0.126. The minimum absolute atomic E-state index is 0.126. The van der Waals surface area contributed by atoms with Crippen LogP contribution in [0.3, 0.4) is 0 Å². The van der Waals surface area contributed by atoms with Gasteiger partial charge in [-0.15, -0.1) is 0 Å². The lowest BCUT2D eigenvalue weighted by atomic mass is 10.3. The number of unbranched alkanes of at least 4 members (excludes halogenated alkanes) is 1. The molecule has 0 heterocycles. The Labute approximate surface area is 80.3 Å². The van der Waals surface area contributed by atoms with Gasteiger partial charge in [0.15, 0.2) is 0 Å². The predicted octanol–water partition coefficient (Wildman–Crippen LogP) is 2.14. The first-order chi connectivity index (χ1) is 6.13. The van der Waals surface area contributed by atoms with Crippen molar-refractivity contribution in [2.45, 2.75) is 33.6 Å². The molecule has 0 aliphatic heterocycles. The van der Waals surface area contributed by atoms with E-state index in [4.69, 9.17) is 4.84 Å². The first kappa shape index (κ1) is 12.2. The van der Waals surface area contributed by atoms with E-state index in [0.717, 1.165) is 12.8 Å². The van der Waals surface area contributed by atoms with E-state index >= 15 is 0 Å². The van der Waals surface area contributed by atoms with Crippen LogP contribution in [0.15, 0.2) is 12.2 Å². The molecule has 0 spiro atoms. The SMILES string of the molecule is C=C(C)C(=O)N(CC)OCCCC.